The van der Waals surface area contributed by atoms with Crippen molar-refractivity contribution in [1.29, 1.82) is 0 Å². The minimum Gasteiger partial charge on any atom is -0.326 e. The van der Waals surface area contributed by atoms with Crippen LogP contribution in [0.5, 0.6) is 0 Å². The van der Waals surface area contributed by atoms with Crippen molar-refractivity contribution in [1.82, 2.24) is 5.32 Å². The molecule has 1 atom stereocenters. The van der Waals surface area contributed by atoms with Gasteiger partial charge in [-0.3, -0.25) is 9.59 Å². The quantitative estimate of drug-likeness (QED) is 0.889. The molecule has 5 heteroatoms. The molecule has 0 radical (unpaired) electrons. The van der Waals surface area contributed by atoms with E-state index in [1.54, 1.807) is 4.90 Å². The molecule has 0 aliphatic carbocycles. The first-order valence-electron chi connectivity index (χ1n) is 7.66. The molecule has 1 aromatic carbocycles. The van der Waals surface area contributed by atoms with Crippen molar-refractivity contribution < 1.29 is 9.59 Å². The number of nitrogens with one attached hydrogen (secondary N) is 2. The van der Waals surface area contributed by atoms with Crippen molar-refractivity contribution in [3.63, 3.8) is 0 Å². The molecule has 21 heavy (non-hydrogen) atoms. The maximum atomic E-state index is 12.0. The van der Waals surface area contributed by atoms with Crippen LogP contribution in [-0.2, 0) is 9.59 Å². The Kier molecular flexibility index (Phi) is 4.20. The second kappa shape index (κ2) is 6.26. The van der Waals surface area contributed by atoms with Crippen LogP contribution >= 0.6 is 0 Å². The van der Waals surface area contributed by atoms with Crippen LogP contribution in [-0.4, -0.2) is 30.9 Å². The summed E-state index contributed by atoms with van der Waals surface area (Å²) in [6.07, 6.45) is 4.24. The summed E-state index contributed by atoms with van der Waals surface area (Å²) in [7, 11) is 0. The summed E-state index contributed by atoms with van der Waals surface area (Å²) in [5, 5.41) is 6.25. The molecule has 2 amide bonds. The summed E-state index contributed by atoms with van der Waals surface area (Å²) in [4.78, 5) is 25.6. The number of nitrogens with zero attached hydrogens (tertiary/aromatic N) is 1. The van der Waals surface area contributed by atoms with Gasteiger partial charge in [-0.2, -0.15) is 0 Å². The zero-order valence-electron chi connectivity index (χ0n) is 12.1. The normalized spacial score (nSPS) is 21.8. The summed E-state index contributed by atoms with van der Waals surface area (Å²) in [6, 6.07) is 7.84. The molecule has 5 nitrogen and oxygen atoms in total. The van der Waals surface area contributed by atoms with Crippen LogP contribution in [0.15, 0.2) is 24.3 Å². The number of hydrogen-bond donors (Lipinski definition) is 2. The Morgan fingerprint density at radius 3 is 3.00 bits per heavy atom. The third-order valence-electron chi connectivity index (χ3n) is 4.11. The average molecular weight is 287 g/mol. The Bertz CT molecular complexity index is 538. The van der Waals surface area contributed by atoms with Crippen molar-refractivity contribution in [3.05, 3.63) is 24.3 Å². The second-order valence-electron chi connectivity index (χ2n) is 5.74. The van der Waals surface area contributed by atoms with Crippen LogP contribution in [0.25, 0.3) is 0 Å². The molecular formula is C16H21N3O2. The lowest BCUT2D eigenvalue weighted by atomic mass is 10.1. The molecule has 1 aromatic rings. The third kappa shape index (κ3) is 3.42. The van der Waals surface area contributed by atoms with Gasteiger partial charge in [0.25, 0.3) is 0 Å². The molecule has 2 aliphatic rings. The average Bonchev–Trinajstić information content (AvgIpc) is 3.10. The first kappa shape index (κ1) is 14.1. The van der Waals surface area contributed by atoms with Crippen molar-refractivity contribution in [2.24, 2.45) is 0 Å². The lowest BCUT2D eigenvalue weighted by Gasteiger charge is -2.17. The predicted molar refractivity (Wildman–Crippen MR) is 82.3 cm³/mol. The van der Waals surface area contributed by atoms with Gasteiger partial charge in [0.05, 0.1) is 0 Å². The maximum absolute atomic E-state index is 12.0. The number of amides is 2. The summed E-state index contributed by atoms with van der Waals surface area (Å²) in [6.45, 7) is 1.77. The van der Waals surface area contributed by atoms with E-state index in [4.69, 9.17) is 0 Å². The van der Waals surface area contributed by atoms with Crippen LogP contribution in [0.3, 0.4) is 0 Å². The minimum absolute atomic E-state index is 0.0271. The van der Waals surface area contributed by atoms with E-state index in [0.29, 0.717) is 18.9 Å². The first-order chi connectivity index (χ1) is 10.2. The van der Waals surface area contributed by atoms with Gasteiger partial charge in [0.2, 0.25) is 11.8 Å². The monoisotopic (exact) mass is 287 g/mol. The zero-order valence-corrected chi connectivity index (χ0v) is 12.1. The van der Waals surface area contributed by atoms with E-state index in [1.807, 2.05) is 24.3 Å². The van der Waals surface area contributed by atoms with Crippen LogP contribution in [0.2, 0.25) is 0 Å². The van der Waals surface area contributed by atoms with Crippen LogP contribution in [0.4, 0.5) is 11.4 Å². The molecule has 0 bridgehead atoms. The fraction of sp³-hybridized carbons (Fsp3) is 0.500. The third-order valence-corrected chi connectivity index (χ3v) is 4.11. The minimum atomic E-state index is 0.0271. The fourth-order valence-electron chi connectivity index (χ4n) is 3.04. The van der Waals surface area contributed by atoms with Crippen molar-refractivity contribution in [3.8, 4) is 0 Å². The van der Waals surface area contributed by atoms with Gasteiger partial charge in [-0.05, 0) is 44.0 Å². The predicted octanol–water partition coefficient (Wildman–Crippen LogP) is 1.89. The number of hydrogen-bond acceptors (Lipinski definition) is 3. The standard InChI is InChI=1S/C16H21N3O2/c20-15(11-12-5-2-8-17-12)18-13-4-1-6-14(10-13)19-9-3-7-16(19)21/h1,4,6,10,12,17H,2-3,5,7-9,11H2,(H,18,20). The van der Waals surface area contributed by atoms with Crippen molar-refractivity contribution in [2.75, 3.05) is 23.3 Å². The summed E-state index contributed by atoms with van der Waals surface area (Å²) in [5.74, 6) is 0.188. The molecule has 2 N–H and O–H groups in total. The smallest absolute Gasteiger partial charge is 0.227 e. The van der Waals surface area contributed by atoms with Gasteiger partial charge in [-0.15, -0.1) is 0 Å². The number of rotatable bonds is 4. The summed E-state index contributed by atoms with van der Waals surface area (Å²) in [5.41, 5.74) is 1.63. The topological polar surface area (TPSA) is 61.4 Å². The van der Waals surface area contributed by atoms with Gasteiger partial charge in [0.15, 0.2) is 0 Å². The van der Waals surface area contributed by atoms with Crippen LogP contribution in [0.1, 0.15) is 32.1 Å². The Morgan fingerprint density at radius 1 is 1.38 bits per heavy atom. The zero-order chi connectivity index (χ0) is 14.7. The van der Waals surface area contributed by atoms with Gasteiger partial charge in [-0.25, -0.2) is 0 Å². The van der Waals surface area contributed by atoms with E-state index in [1.165, 1.54) is 0 Å². The van der Waals surface area contributed by atoms with Crippen LogP contribution < -0.4 is 15.5 Å². The van der Waals surface area contributed by atoms with Crippen molar-refractivity contribution >= 4 is 23.2 Å². The number of carbonyl (C=O) groups is 2. The molecule has 1 unspecified atom stereocenters. The molecular weight excluding hydrogens is 266 g/mol. The Hall–Kier alpha value is -1.88. The lowest BCUT2D eigenvalue weighted by molar-refractivity contribution is -0.117. The maximum Gasteiger partial charge on any atom is 0.227 e. The molecule has 2 fully saturated rings. The molecule has 2 heterocycles. The molecule has 0 aromatic heterocycles. The fourth-order valence-corrected chi connectivity index (χ4v) is 3.04. The van der Waals surface area contributed by atoms with E-state index in [9.17, 15) is 9.59 Å². The highest BCUT2D eigenvalue weighted by Crippen LogP contribution is 2.24. The lowest BCUT2D eigenvalue weighted by Crippen LogP contribution is -2.27. The van der Waals surface area contributed by atoms with Crippen molar-refractivity contribution in [2.45, 2.75) is 38.1 Å². The number of benzene rings is 1. The van der Waals surface area contributed by atoms with Crippen LogP contribution in [0, 0.1) is 0 Å². The largest absolute Gasteiger partial charge is 0.326 e. The molecule has 2 saturated heterocycles. The highest BCUT2D eigenvalue weighted by molar-refractivity contribution is 5.97. The highest BCUT2D eigenvalue weighted by atomic mass is 16.2. The molecule has 0 saturated carbocycles. The SMILES string of the molecule is O=C(CC1CCCN1)Nc1cccc(N2CCCC2=O)c1. The number of carbonyl (C=O) groups excluding carboxylic acids is 2. The van der Waals surface area contributed by atoms with Gasteiger partial charge in [-0.1, -0.05) is 6.07 Å². The molecule has 0 spiro atoms. The second-order valence-corrected chi connectivity index (χ2v) is 5.74. The summed E-state index contributed by atoms with van der Waals surface area (Å²) >= 11 is 0. The Labute approximate surface area is 124 Å². The van der Waals surface area contributed by atoms with E-state index < -0.39 is 0 Å². The van der Waals surface area contributed by atoms with E-state index in [2.05, 4.69) is 10.6 Å². The van der Waals surface area contributed by atoms with Gasteiger partial charge >= 0.3 is 0 Å². The first-order valence-corrected chi connectivity index (χ1v) is 7.66. The van der Waals surface area contributed by atoms with E-state index in [0.717, 1.165) is 43.7 Å². The Morgan fingerprint density at radius 2 is 2.29 bits per heavy atom. The molecule has 3 rings (SSSR count). The van der Waals surface area contributed by atoms with Gasteiger partial charge in [0.1, 0.15) is 0 Å². The number of anilines is 2. The molecule has 112 valence electrons. The molecule has 2 aliphatic heterocycles. The highest BCUT2D eigenvalue weighted by Gasteiger charge is 2.22. The van der Waals surface area contributed by atoms with Gasteiger partial charge in [0, 0.05) is 36.8 Å². The summed E-state index contributed by atoms with van der Waals surface area (Å²) < 4.78 is 0. The Balaban J connectivity index is 1.62. The van der Waals surface area contributed by atoms with E-state index in [-0.39, 0.29) is 11.8 Å². The van der Waals surface area contributed by atoms with E-state index >= 15 is 0 Å². The van der Waals surface area contributed by atoms with Gasteiger partial charge < -0.3 is 15.5 Å².